The topological polar surface area (TPSA) is 9.23 Å². The summed E-state index contributed by atoms with van der Waals surface area (Å²) >= 11 is 3.02. The number of hydrogen-bond donors (Lipinski definition) is 0. The monoisotopic (exact) mass is 304 g/mol. The lowest BCUT2D eigenvalue weighted by molar-refractivity contribution is -0.275. The highest BCUT2D eigenvalue weighted by Gasteiger charge is 2.33. The Balaban J connectivity index is 3.08. The highest BCUT2D eigenvalue weighted by molar-refractivity contribution is 9.08. The molecule has 1 aromatic carbocycles. The summed E-state index contributed by atoms with van der Waals surface area (Å²) in [6.45, 7) is 0. The smallest absolute Gasteiger partial charge is 0.405 e. The molecule has 1 rings (SSSR count). The Kier molecular flexibility index (Phi) is 4.12. The van der Waals surface area contributed by atoms with E-state index in [-0.39, 0.29) is 5.33 Å². The van der Waals surface area contributed by atoms with Gasteiger partial charge < -0.3 is 4.74 Å². The zero-order valence-electron chi connectivity index (χ0n) is 7.69. The second-order valence-corrected chi connectivity index (χ2v) is 3.42. The third kappa shape index (κ3) is 3.62. The molecule has 0 saturated heterocycles. The minimum Gasteiger partial charge on any atom is -0.405 e. The van der Waals surface area contributed by atoms with Gasteiger partial charge in [0.05, 0.1) is 5.56 Å². The van der Waals surface area contributed by atoms with Gasteiger partial charge in [0.25, 0.3) is 6.43 Å². The van der Waals surface area contributed by atoms with Gasteiger partial charge in [-0.05, 0) is 17.7 Å². The fourth-order valence-electron chi connectivity index (χ4n) is 1.07. The van der Waals surface area contributed by atoms with Crippen LogP contribution in [-0.4, -0.2) is 6.36 Å². The van der Waals surface area contributed by atoms with Crippen LogP contribution in [0.15, 0.2) is 18.2 Å². The highest BCUT2D eigenvalue weighted by atomic mass is 79.9. The third-order valence-electron chi connectivity index (χ3n) is 1.69. The lowest BCUT2D eigenvalue weighted by Gasteiger charge is -2.13. The average molecular weight is 305 g/mol. The predicted octanol–water partition coefficient (Wildman–Crippen LogP) is 4.42. The molecule has 0 radical (unpaired) electrons. The van der Waals surface area contributed by atoms with Gasteiger partial charge in [-0.2, -0.15) is 0 Å². The molecular formula is C9H6BrF5O. The molecule has 0 aromatic heterocycles. The highest BCUT2D eigenvalue weighted by Crippen LogP contribution is 2.33. The summed E-state index contributed by atoms with van der Waals surface area (Å²) < 4.78 is 64.1. The molecule has 0 atom stereocenters. The van der Waals surface area contributed by atoms with Gasteiger partial charge in [-0.1, -0.05) is 22.0 Å². The van der Waals surface area contributed by atoms with Crippen molar-refractivity contribution in [3.8, 4) is 5.75 Å². The Bertz CT molecular complexity index is 363. The Hall–Kier alpha value is -0.850. The first-order chi connectivity index (χ1) is 7.33. The van der Waals surface area contributed by atoms with E-state index < -0.39 is 24.1 Å². The maximum absolute atomic E-state index is 12.5. The number of alkyl halides is 6. The molecule has 0 unspecified atom stereocenters. The number of ether oxygens (including phenoxy) is 1. The van der Waals surface area contributed by atoms with Crippen molar-refractivity contribution in [3.63, 3.8) is 0 Å². The molecule has 0 N–H and O–H groups in total. The molecule has 16 heavy (non-hydrogen) atoms. The Morgan fingerprint density at radius 1 is 1.25 bits per heavy atom. The number of rotatable bonds is 3. The van der Waals surface area contributed by atoms with Crippen LogP contribution in [0, 0.1) is 0 Å². The second kappa shape index (κ2) is 4.99. The van der Waals surface area contributed by atoms with E-state index in [1.54, 1.807) is 0 Å². The standard InChI is InChI=1S/C9H6BrF5O/c10-4-5-1-2-7(16-9(13,14)15)6(3-5)8(11)12/h1-3,8H,4H2. The predicted molar refractivity (Wildman–Crippen MR) is 50.7 cm³/mol. The fraction of sp³-hybridized carbons (Fsp3) is 0.333. The van der Waals surface area contributed by atoms with Gasteiger partial charge in [0, 0.05) is 5.33 Å². The maximum atomic E-state index is 12.5. The van der Waals surface area contributed by atoms with E-state index in [9.17, 15) is 22.0 Å². The largest absolute Gasteiger partial charge is 0.573 e. The van der Waals surface area contributed by atoms with Crippen LogP contribution in [0.4, 0.5) is 22.0 Å². The van der Waals surface area contributed by atoms with E-state index in [0.29, 0.717) is 5.56 Å². The molecule has 0 aliphatic heterocycles. The first kappa shape index (κ1) is 13.2. The van der Waals surface area contributed by atoms with Gasteiger partial charge in [-0.25, -0.2) is 8.78 Å². The Morgan fingerprint density at radius 3 is 2.31 bits per heavy atom. The van der Waals surface area contributed by atoms with Crippen LogP contribution in [0.5, 0.6) is 5.75 Å². The molecular weight excluding hydrogens is 299 g/mol. The van der Waals surface area contributed by atoms with Crippen LogP contribution in [0.25, 0.3) is 0 Å². The molecule has 0 heterocycles. The van der Waals surface area contributed by atoms with Crippen LogP contribution in [0.3, 0.4) is 0 Å². The summed E-state index contributed by atoms with van der Waals surface area (Å²) in [6, 6.07) is 3.13. The van der Waals surface area contributed by atoms with E-state index in [1.807, 2.05) is 0 Å². The van der Waals surface area contributed by atoms with Gasteiger partial charge in [-0.15, -0.1) is 13.2 Å². The van der Waals surface area contributed by atoms with E-state index in [4.69, 9.17) is 0 Å². The molecule has 0 saturated carbocycles. The number of hydrogen-bond acceptors (Lipinski definition) is 1. The molecule has 1 nitrogen and oxygen atoms in total. The van der Waals surface area contributed by atoms with E-state index in [0.717, 1.165) is 12.1 Å². The zero-order valence-corrected chi connectivity index (χ0v) is 9.28. The van der Waals surface area contributed by atoms with Crippen LogP contribution in [-0.2, 0) is 5.33 Å². The summed E-state index contributed by atoms with van der Waals surface area (Å²) in [5.41, 5.74) is -0.320. The molecule has 0 aliphatic rings. The van der Waals surface area contributed by atoms with Crippen molar-refractivity contribution in [3.05, 3.63) is 29.3 Å². The van der Waals surface area contributed by atoms with Crippen molar-refractivity contribution in [2.24, 2.45) is 0 Å². The Labute approximate surface area is 96.3 Å². The number of benzene rings is 1. The summed E-state index contributed by atoms with van der Waals surface area (Å²) in [7, 11) is 0. The first-order valence-electron chi connectivity index (χ1n) is 4.06. The Morgan fingerprint density at radius 2 is 1.88 bits per heavy atom. The van der Waals surface area contributed by atoms with Crippen LogP contribution in [0.1, 0.15) is 17.6 Å². The minimum atomic E-state index is -4.97. The number of halogens is 6. The fourth-order valence-corrected chi connectivity index (χ4v) is 1.42. The first-order valence-corrected chi connectivity index (χ1v) is 5.18. The van der Waals surface area contributed by atoms with Crippen molar-refractivity contribution >= 4 is 15.9 Å². The van der Waals surface area contributed by atoms with Gasteiger partial charge in [0.1, 0.15) is 5.75 Å². The molecule has 7 heteroatoms. The summed E-state index contributed by atoms with van der Waals surface area (Å²) in [5.74, 6) is -0.868. The van der Waals surface area contributed by atoms with E-state index in [1.165, 1.54) is 6.07 Å². The molecule has 0 bridgehead atoms. The quantitative estimate of drug-likeness (QED) is 0.593. The SMILES string of the molecule is FC(F)c1cc(CBr)ccc1OC(F)(F)F. The van der Waals surface area contributed by atoms with Gasteiger partial charge in [-0.3, -0.25) is 0 Å². The molecule has 0 fully saturated rings. The van der Waals surface area contributed by atoms with Crippen LogP contribution in [0.2, 0.25) is 0 Å². The van der Waals surface area contributed by atoms with Gasteiger partial charge in [0.2, 0.25) is 0 Å². The van der Waals surface area contributed by atoms with Crippen LogP contribution < -0.4 is 4.74 Å². The summed E-state index contributed by atoms with van der Waals surface area (Å²) in [5, 5.41) is 0.277. The molecule has 0 aliphatic carbocycles. The maximum Gasteiger partial charge on any atom is 0.573 e. The van der Waals surface area contributed by atoms with Crippen molar-refractivity contribution in [2.45, 2.75) is 18.1 Å². The van der Waals surface area contributed by atoms with E-state index in [2.05, 4.69) is 20.7 Å². The third-order valence-corrected chi connectivity index (χ3v) is 2.34. The van der Waals surface area contributed by atoms with Crippen LogP contribution >= 0.6 is 15.9 Å². The molecule has 0 amide bonds. The normalized spacial score (nSPS) is 11.9. The lowest BCUT2D eigenvalue weighted by Crippen LogP contribution is -2.18. The molecule has 1 aromatic rings. The second-order valence-electron chi connectivity index (χ2n) is 2.85. The van der Waals surface area contributed by atoms with Crippen molar-refractivity contribution in [1.29, 1.82) is 0 Å². The van der Waals surface area contributed by atoms with Crippen molar-refractivity contribution in [2.75, 3.05) is 0 Å². The van der Waals surface area contributed by atoms with Crippen molar-refractivity contribution in [1.82, 2.24) is 0 Å². The lowest BCUT2D eigenvalue weighted by atomic mass is 10.1. The summed E-state index contributed by atoms with van der Waals surface area (Å²) in [4.78, 5) is 0. The summed E-state index contributed by atoms with van der Waals surface area (Å²) in [6.07, 6.45) is -7.99. The molecule has 90 valence electrons. The zero-order chi connectivity index (χ0) is 12.3. The van der Waals surface area contributed by atoms with E-state index >= 15 is 0 Å². The minimum absolute atomic E-state index is 0.277. The van der Waals surface area contributed by atoms with Gasteiger partial charge in [0.15, 0.2) is 0 Å². The molecule has 0 spiro atoms. The van der Waals surface area contributed by atoms with Gasteiger partial charge >= 0.3 is 6.36 Å². The van der Waals surface area contributed by atoms with Crippen molar-refractivity contribution < 1.29 is 26.7 Å². The average Bonchev–Trinajstić information content (AvgIpc) is 2.15.